The zero-order valence-corrected chi connectivity index (χ0v) is 7.91. The van der Waals surface area contributed by atoms with Crippen LogP contribution in [0.1, 0.15) is 19.8 Å². The van der Waals surface area contributed by atoms with E-state index in [2.05, 4.69) is 14.3 Å². The highest BCUT2D eigenvalue weighted by atomic mass is 35.5. The second kappa shape index (κ2) is 3.23. The summed E-state index contributed by atoms with van der Waals surface area (Å²) in [7, 11) is -3.79. The number of halogens is 1. The lowest BCUT2D eigenvalue weighted by Crippen LogP contribution is -2.49. The smallest absolute Gasteiger partial charge is 0.200 e. The van der Waals surface area contributed by atoms with Crippen LogP contribution < -0.4 is 0 Å². The van der Waals surface area contributed by atoms with Crippen molar-refractivity contribution >= 4 is 22.0 Å². The molecule has 0 spiro atoms. The van der Waals surface area contributed by atoms with Gasteiger partial charge in [0.1, 0.15) is 0 Å². The Bertz CT molecular complexity index is 311. The Kier molecular flexibility index (Phi) is 2.64. The Labute approximate surface area is 76.1 Å². The third-order valence-corrected chi connectivity index (χ3v) is 2.33. The summed E-state index contributed by atoms with van der Waals surface area (Å²) in [5.41, 5.74) is 0. The van der Waals surface area contributed by atoms with Gasteiger partial charge in [-0.3, -0.25) is 0 Å². The van der Waals surface area contributed by atoms with Crippen LogP contribution in [0.4, 0.5) is 0 Å². The van der Waals surface area contributed by atoms with Crippen molar-refractivity contribution in [2.75, 3.05) is 0 Å². The maximum Gasteiger partial charge on any atom is 0.406 e. The van der Waals surface area contributed by atoms with Crippen LogP contribution in [-0.4, -0.2) is 14.2 Å². The standard InChI is InChI=1S/C6H7ClO4S/c1-2-3-6(4-5-7)10-12(8,9)11-6/h2-3H2,1H3. The fourth-order valence-corrected chi connectivity index (χ4v) is 1.99. The SMILES string of the molecule is CCCC1(C#CCl)OS(=O)(=O)O1. The van der Waals surface area contributed by atoms with Crippen molar-refractivity contribution in [1.82, 2.24) is 0 Å². The van der Waals surface area contributed by atoms with Gasteiger partial charge < -0.3 is 0 Å². The lowest BCUT2D eigenvalue weighted by molar-refractivity contribution is -0.145. The lowest BCUT2D eigenvalue weighted by atomic mass is 10.2. The molecule has 4 nitrogen and oxygen atoms in total. The van der Waals surface area contributed by atoms with Gasteiger partial charge in [-0.25, -0.2) is 0 Å². The summed E-state index contributed by atoms with van der Waals surface area (Å²) in [6, 6.07) is 0. The van der Waals surface area contributed by atoms with Crippen LogP contribution in [0.25, 0.3) is 0 Å². The van der Waals surface area contributed by atoms with Crippen molar-refractivity contribution in [3.63, 3.8) is 0 Å². The van der Waals surface area contributed by atoms with Gasteiger partial charge in [0, 0.05) is 11.8 Å². The fraction of sp³-hybridized carbons (Fsp3) is 0.667. The Hall–Kier alpha value is -0.280. The molecule has 0 atom stereocenters. The van der Waals surface area contributed by atoms with E-state index in [-0.39, 0.29) is 0 Å². The van der Waals surface area contributed by atoms with Gasteiger partial charge in [-0.15, -0.1) is 0 Å². The molecule has 1 saturated heterocycles. The van der Waals surface area contributed by atoms with Crippen molar-refractivity contribution in [1.29, 1.82) is 0 Å². The Morgan fingerprint density at radius 3 is 2.42 bits per heavy atom. The molecule has 0 saturated carbocycles. The third-order valence-electron chi connectivity index (χ3n) is 1.29. The van der Waals surface area contributed by atoms with Crippen molar-refractivity contribution < 1.29 is 16.8 Å². The van der Waals surface area contributed by atoms with Crippen LogP contribution in [0.2, 0.25) is 0 Å². The second-order valence-corrected chi connectivity index (χ2v) is 3.64. The Morgan fingerprint density at radius 1 is 1.50 bits per heavy atom. The van der Waals surface area contributed by atoms with Crippen molar-refractivity contribution in [3.05, 3.63) is 0 Å². The normalized spacial score (nSPS) is 23.5. The average molecular weight is 211 g/mol. The molecule has 0 aromatic heterocycles. The predicted molar refractivity (Wildman–Crippen MR) is 42.4 cm³/mol. The van der Waals surface area contributed by atoms with E-state index in [4.69, 9.17) is 11.6 Å². The van der Waals surface area contributed by atoms with Gasteiger partial charge in [-0.05, 0) is 23.9 Å². The van der Waals surface area contributed by atoms with E-state index in [1.807, 2.05) is 12.3 Å². The minimum absolute atomic E-state index is 0.381. The Balaban J connectivity index is 2.72. The highest BCUT2D eigenvalue weighted by molar-refractivity contribution is 7.82. The highest BCUT2D eigenvalue weighted by Crippen LogP contribution is 2.34. The molecule has 1 fully saturated rings. The molecule has 1 aliphatic rings. The maximum atomic E-state index is 10.5. The molecule has 0 aromatic carbocycles. The van der Waals surface area contributed by atoms with Crippen LogP contribution in [0.5, 0.6) is 0 Å². The van der Waals surface area contributed by atoms with E-state index in [0.717, 1.165) is 0 Å². The van der Waals surface area contributed by atoms with Gasteiger partial charge in [0.15, 0.2) is 0 Å². The molecule has 0 unspecified atom stereocenters. The zero-order chi connectivity index (χ0) is 9.24. The molecular formula is C6H7ClO4S. The van der Waals surface area contributed by atoms with E-state index in [9.17, 15) is 8.42 Å². The molecular weight excluding hydrogens is 204 g/mol. The topological polar surface area (TPSA) is 52.6 Å². The van der Waals surface area contributed by atoms with Gasteiger partial charge in [-0.1, -0.05) is 6.92 Å². The van der Waals surface area contributed by atoms with E-state index in [1.165, 1.54) is 0 Å². The summed E-state index contributed by atoms with van der Waals surface area (Å²) < 4.78 is 30.0. The van der Waals surface area contributed by atoms with E-state index in [0.29, 0.717) is 12.8 Å². The fourth-order valence-electron chi connectivity index (χ4n) is 0.925. The molecule has 0 N–H and O–H groups in total. The van der Waals surface area contributed by atoms with Gasteiger partial charge >= 0.3 is 10.4 Å². The molecule has 0 amide bonds. The minimum Gasteiger partial charge on any atom is -0.200 e. The van der Waals surface area contributed by atoms with Crippen LogP contribution in [-0.2, 0) is 18.8 Å². The maximum absolute atomic E-state index is 10.5. The van der Waals surface area contributed by atoms with E-state index < -0.39 is 16.2 Å². The molecule has 0 bridgehead atoms. The number of hydrogen-bond acceptors (Lipinski definition) is 4. The first kappa shape index (κ1) is 9.81. The van der Waals surface area contributed by atoms with E-state index in [1.54, 1.807) is 0 Å². The van der Waals surface area contributed by atoms with Crippen molar-refractivity contribution in [2.45, 2.75) is 25.6 Å². The number of hydrogen-bond donors (Lipinski definition) is 0. The zero-order valence-electron chi connectivity index (χ0n) is 6.33. The summed E-state index contributed by atoms with van der Waals surface area (Å²) >= 11 is 5.11. The van der Waals surface area contributed by atoms with Gasteiger partial charge in [0.2, 0.25) is 0 Å². The highest BCUT2D eigenvalue weighted by Gasteiger charge is 2.50. The van der Waals surface area contributed by atoms with Gasteiger partial charge in [0.25, 0.3) is 5.79 Å². The third kappa shape index (κ3) is 1.90. The first-order chi connectivity index (χ1) is 5.54. The Morgan fingerprint density at radius 2 is 2.08 bits per heavy atom. The van der Waals surface area contributed by atoms with Crippen LogP contribution in [0, 0.1) is 11.3 Å². The van der Waals surface area contributed by atoms with Crippen LogP contribution in [0.3, 0.4) is 0 Å². The largest absolute Gasteiger partial charge is 0.406 e. The van der Waals surface area contributed by atoms with Crippen molar-refractivity contribution in [3.8, 4) is 11.3 Å². The molecule has 68 valence electrons. The molecule has 1 aliphatic heterocycles. The van der Waals surface area contributed by atoms with Crippen molar-refractivity contribution in [2.24, 2.45) is 0 Å². The van der Waals surface area contributed by atoms with Gasteiger partial charge in [0.05, 0.1) is 0 Å². The molecule has 1 heterocycles. The second-order valence-electron chi connectivity index (χ2n) is 2.30. The average Bonchev–Trinajstić information content (AvgIpc) is 1.83. The molecule has 1 rings (SSSR count). The summed E-state index contributed by atoms with van der Waals surface area (Å²) in [5.74, 6) is 1.02. The first-order valence-electron chi connectivity index (χ1n) is 3.32. The molecule has 0 radical (unpaired) electrons. The first-order valence-corrected chi connectivity index (χ1v) is 5.04. The summed E-state index contributed by atoms with van der Waals surface area (Å²) in [5, 5.41) is 2.04. The van der Waals surface area contributed by atoms with Crippen LogP contribution >= 0.6 is 11.6 Å². The quantitative estimate of drug-likeness (QED) is 0.638. The van der Waals surface area contributed by atoms with E-state index >= 15 is 0 Å². The molecule has 12 heavy (non-hydrogen) atoms. The molecule has 6 heteroatoms. The van der Waals surface area contributed by atoms with Gasteiger partial charge in [-0.2, -0.15) is 16.8 Å². The number of rotatable bonds is 2. The predicted octanol–water partition coefficient (Wildman–Crippen LogP) is 0.974. The minimum atomic E-state index is -3.79. The summed E-state index contributed by atoms with van der Waals surface area (Å²) in [6.45, 7) is 1.86. The summed E-state index contributed by atoms with van der Waals surface area (Å²) in [4.78, 5) is 0. The lowest BCUT2D eigenvalue weighted by Gasteiger charge is -2.33. The monoisotopic (exact) mass is 210 g/mol. The summed E-state index contributed by atoms with van der Waals surface area (Å²) in [6.07, 6.45) is 1.08. The molecule has 0 aliphatic carbocycles. The van der Waals surface area contributed by atoms with Crippen LogP contribution in [0.15, 0.2) is 0 Å². The molecule has 0 aromatic rings.